The molecule has 2 aliphatic heterocycles. The van der Waals surface area contributed by atoms with Crippen LogP contribution in [0.1, 0.15) is 32.3 Å². The van der Waals surface area contributed by atoms with Crippen LogP contribution >= 0.6 is 0 Å². The molecule has 2 saturated heterocycles. The molecule has 2 aliphatic rings. The summed E-state index contributed by atoms with van der Waals surface area (Å²) in [5.41, 5.74) is 1.94. The summed E-state index contributed by atoms with van der Waals surface area (Å²) >= 11 is 0. The molecule has 2 fully saturated rings. The van der Waals surface area contributed by atoms with Crippen LogP contribution < -0.4 is 15.5 Å². The molecule has 0 bridgehead atoms. The Balaban J connectivity index is 1.43. The predicted octanol–water partition coefficient (Wildman–Crippen LogP) is 1.97. The number of nitrogens with zero attached hydrogens (tertiary/aromatic N) is 2. The highest BCUT2D eigenvalue weighted by molar-refractivity contribution is 5.95. The van der Waals surface area contributed by atoms with Gasteiger partial charge in [-0.3, -0.25) is 9.69 Å². The van der Waals surface area contributed by atoms with Crippen molar-refractivity contribution in [1.82, 2.24) is 15.5 Å². The van der Waals surface area contributed by atoms with E-state index in [9.17, 15) is 9.59 Å². The molecule has 28 heavy (non-hydrogen) atoms. The van der Waals surface area contributed by atoms with Crippen LogP contribution in [0.2, 0.25) is 0 Å². The van der Waals surface area contributed by atoms with E-state index < -0.39 is 0 Å². The standard InChI is InChI=1S/C21H32N4O3/c1-16(2)19(24-10-12-28-13-11-24)15-23-21(27)22-14-17-5-7-18(8-6-17)25-9-3-4-20(25)26/h5-8,16,19H,3-4,9-15H2,1-2H3,(H2,22,23,27)/t19-/m0/s1. The molecular weight excluding hydrogens is 356 g/mol. The molecule has 7 heteroatoms. The summed E-state index contributed by atoms with van der Waals surface area (Å²) in [4.78, 5) is 28.3. The van der Waals surface area contributed by atoms with Crippen molar-refractivity contribution in [3.8, 4) is 0 Å². The lowest BCUT2D eigenvalue weighted by Gasteiger charge is -2.36. The van der Waals surface area contributed by atoms with Crippen LogP contribution in [0.5, 0.6) is 0 Å². The number of carbonyl (C=O) groups excluding carboxylic acids is 2. The first-order chi connectivity index (χ1) is 13.5. The molecule has 0 radical (unpaired) electrons. The third kappa shape index (κ3) is 5.45. The van der Waals surface area contributed by atoms with Crippen LogP contribution in [0.3, 0.4) is 0 Å². The van der Waals surface area contributed by atoms with Crippen molar-refractivity contribution in [2.45, 2.75) is 39.3 Å². The minimum absolute atomic E-state index is 0.155. The van der Waals surface area contributed by atoms with E-state index in [1.54, 1.807) is 0 Å². The summed E-state index contributed by atoms with van der Waals surface area (Å²) in [6.45, 7) is 9.60. The van der Waals surface area contributed by atoms with Crippen LogP contribution in [0, 0.1) is 5.92 Å². The first kappa shape index (κ1) is 20.6. The van der Waals surface area contributed by atoms with Crippen LogP contribution in [-0.4, -0.2) is 62.3 Å². The quantitative estimate of drug-likeness (QED) is 0.749. The molecule has 1 aromatic rings. The van der Waals surface area contributed by atoms with E-state index in [1.807, 2.05) is 29.2 Å². The summed E-state index contributed by atoms with van der Waals surface area (Å²) in [6, 6.07) is 7.98. The fourth-order valence-electron chi connectivity index (χ4n) is 3.85. The molecule has 0 saturated carbocycles. The van der Waals surface area contributed by atoms with Crippen LogP contribution in [0.15, 0.2) is 24.3 Å². The summed E-state index contributed by atoms with van der Waals surface area (Å²) in [6.07, 6.45) is 1.55. The lowest BCUT2D eigenvalue weighted by atomic mass is 10.0. The van der Waals surface area contributed by atoms with Gasteiger partial charge in [-0.15, -0.1) is 0 Å². The summed E-state index contributed by atoms with van der Waals surface area (Å²) in [5.74, 6) is 0.643. The van der Waals surface area contributed by atoms with Crippen molar-refractivity contribution < 1.29 is 14.3 Å². The van der Waals surface area contributed by atoms with Crippen molar-refractivity contribution in [3.63, 3.8) is 0 Å². The molecular formula is C21H32N4O3. The molecule has 2 N–H and O–H groups in total. The Kier molecular flexibility index (Phi) is 7.28. The number of anilines is 1. The molecule has 0 aromatic heterocycles. The average molecular weight is 389 g/mol. The highest BCUT2D eigenvalue weighted by Crippen LogP contribution is 2.21. The SMILES string of the molecule is CC(C)[C@H](CNC(=O)NCc1ccc(N2CCCC2=O)cc1)N1CCOCC1. The maximum atomic E-state index is 12.2. The summed E-state index contributed by atoms with van der Waals surface area (Å²) < 4.78 is 5.43. The van der Waals surface area contributed by atoms with Gasteiger partial charge >= 0.3 is 6.03 Å². The molecule has 1 atom stereocenters. The number of benzene rings is 1. The lowest BCUT2D eigenvalue weighted by Crippen LogP contribution is -2.52. The molecule has 0 aliphatic carbocycles. The Labute approximate surface area is 167 Å². The average Bonchev–Trinajstić information content (AvgIpc) is 3.13. The maximum Gasteiger partial charge on any atom is 0.315 e. The van der Waals surface area contributed by atoms with Gasteiger partial charge in [-0.2, -0.15) is 0 Å². The van der Waals surface area contributed by atoms with Crippen molar-refractivity contribution in [1.29, 1.82) is 0 Å². The summed E-state index contributed by atoms with van der Waals surface area (Å²) in [5, 5.41) is 5.93. The van der Waals surface area contributed by atoms with Gasteiger partial charge < -0.3 is 20.3 Å². The van der Waals surface area contributed by atoms with Crippen LogP contribution in [-0.2, 0) is 16.1 Å². The second-order valence-corrected chi connectivity index (χ2v) is 7.84. The lowest BCUT2D eigenvalue weighted by molar-refractivity contribution is -0.117. The topological polar surface area (TPSA) is 73.9 Å². The molecule has 154 valence electrons. The van der Waals surface area contributed by atoms with Gasteiger partial charge in [-0.1, -0.05) is 26.0 Å². The van der Waals surface area contributed by atoms with Gasteiger partial charge in [-0.25, -0.2) is 4.79 Å². The predicted molar refractivity (Wildman–Crippen MR) is 109 cm³/mol. The van der Waals surface area contributed by atoms with E-state index in [-0.39, 0.29) is 11.9 Å². The molecule has 3 amide bonds. The van der Waals surface area contributed by atoms with Crippen LogP contribution in [0.25, 0.3) is 0 Å². The number of nitrogens with one attached hydrogen (secondary N) is 2. The van der Waals surface area contributed by atoms with Crippen molar-refractivity contribution >= 4 is 17.6 Å². The number of rotatable bonds is 7. The zero-order chi connectivity index (χ0) is 19.9. The number of hydrogen-bond donors (Lipinski definition) is 2. The second-order valence-electron chi connectivity index (χ2n) is 7.84. The molecule has 3 rings (SSSR count). The van der Waals surface area contributed by atoms with Crippen LogP contribution in [0.4, 0.5) is 10.5 Å². The Morgan fingerprint density at radius 3 is 2.43 bits per heavy atom. The fourth-order valence-corrected chi connectivity index (χ4v) is 3.85. The number of urea groups is 1. The van der Waals surface area contributed by atoms with Gasteiger partial charge in [0.25, 0.3) is 0 Å². The normalized spacial score (nSPS) is 19.1. The van der Waals surface area contributed by atoms with E-state index >= 15 is 0 Å². The van der Waals surface area contributed by atoms with E-state index in [4.69, 9.17) is 4.74 Å². The summed E-state index contributed by atoms with van der Waals surface area (Å²) in [7, 11) is 0. The zero-order valence-electron chi connectivity index (χ0n) is 16.9. The van der Waals surface area contributed by atoms with Gasteiger partial charge in [0.05, 0.1) is 13.2 Å². The van der Waals surface area contributed by atoms with E-state index in [2.05, 4.69) is 29.4 Å². The highest BCUT2D eigenvalue weighted by atomic mass is 16.5. The Morgan fingerprint density at radius 2 is 1.82 bits per heavy atom. The number of morpholine rings is 1. The number of hydrogen-bond acceptors (Lipinski definition) is 4. The van der Waals surface area contributed by atoms with Gasteiger partial charge in [0.1, 0.15) is 0 Å². The van der Waals surface area contributed by atoms with Crippen molar-refractivity contribution in [2.24, 2.45) is 5.92 Å². The van der Waals surface area contributed by atoms with E-state index in [0.717, 1.165) is 50.5 Å². The first-order valence-electron chi connectivity index (χ1n) is 10.3. The minimum atomic E-state index is -0.155. The van der Waals surface area contributed by atoms with Gasteiger partial charge in [0.2, 0.25) is 5.91 Å². The Morgan fingerprint density at radius 1 is 1.11 bits per heavy atom. The Bertz CT molecular complexity index is 656. The highest BCUT2D eigenvalue weighted by Gasteiger charge is 2.24. The Hall–Kier alpha value is -2.12. The van der Waals surface area contributed by atoms with E-state index in [1.165, 1.54) is 0 Å². The first-order valence-corrected chi connectivity index (χ1v) is 10.3. The van der Waals surface area contributed by atoms with Gasteiger partial charge in [-0.05, 0) is 30.0 Å². The largest absolute Gasteiger partial charge is 0.379 e. The molecule has 2 heterocycles. The third-order valence-corrected chi connectivity index (χ3v) is 5.53. The number of carbonyl (C=O) groups is 2. The van der Waals surface area contributed by atoms with Gasteiger partial charge in [0, 0.05) is 50.9 Å². The smallest absolute Gasteiger partial charge is 0.315 e. The monoisotopic (exact) mass is 388 g/mol. The number of ether oxygens (including phenoxy) is 1. The van der Waals surface area contributed by atoms with Crippen molar-refractivity contribution in [2.75, 3.05) is 44.3 Å². The molecule has 7 nitrogen and oxygen atoms in total. The minimum Gasteiger partial charge on any atom is -0.379 e. The van der Waals surface area contributed by atoms with Crippen molar-refractivity contribution in [3.05, 3.63) is 29.8 Å². The maximum absolute atomic E-state index is 12.2. The number of amides is 3. The molecule has 0 spiro atoms. The third-order valence-electron chi connectivity index (χ3n) is 5.53. The fraction of sp³-hybridized carbons (Fsp3) is 0.619. The van der Waals surface area contributed by atoms with E-state index in [0.29, 0.717) is 31.5 Å². The molecule has 0 unspecified atom stereocenters. The molecule has 1 aromatic carbocycles. The second kappa shape index (κ2) is 9.89. The van der Waals surface area contributed by atoms with Gasteiger partial charge in [0.15, 0.2) is 0 Å². The zero-order valence-corrected chi connectivity index (χ0v) is 16.9.